The number of ether oxygens (including phenoxy) is 4. The number of carbonyl (C=O) groups is 5. The molecule has 14 nitrogen and oxygen atoms in total. The van der Waals surface area contributed by atoms with Crippen molar-refractivity contribution in [2.24, 2.45) is 0 Å². The fraction of sp³-hybridized carbons (Fsp3) is 0.861. The summed E-state index contributed by atoms with van der Waals surface area (Å²) in [7, 11) is 1.86. The lowest BCUT2D eigenvalue weighted by molar-refractivity contribution is -0.160. The molecule has 0 spiro atoms. The molecule has 2 amide bonds. The molecule has 0 atom stereocenters. The number of nitrogens with zero attached hydrogens (tertiary/aromatic N) is 3. The maximum atomic E-state index is 13.1. The number of esters is 3. The van der Waals surface area contributed by atoms with Crippen molar-refractivity contribution in [3.8, 4) is 0 Å². The van der Waals surface area contributed by atoms with Crippen molar-refractivity contribution in [2.75, 3.05) is 66.0 Å². The van der Waals surface area contributed by atoms with Crippen LogP contribution in [0.15, 0.2) is 0 Å². The third-order valence-corrected chi connectivity index (χ3v) is 7.32. The molecular formula is C36H67N5O9. The second-order valence-corrected chi connectivity index (χ2v) is 17.2. The van der Waals surface area contributed by atoms with Gasteiger partial charge in [0.15, 0.2) is 0 Å². The van der Waals surface area contributed by atoms with Crippen LogP contribution < -0.4 is 10.6 Å². The van der Waals surface area contributed by atoms with Crippen LogP contribution in [0.2, 0.25) is 0 Å². The number of carbonyl (C=O) groups excluding carboxylic acids is 5. The molecule has 1 rings (SSSR count). The first-order chi connectivity index (χ1) is 22.7. The van der Waals surface area contributed by atoms with Crippen LogP contribution in [-0.2, 0) is 38.1 Å². The molecule has 1 heterocycles. The van der Waals surface area contributed by atoms with Crippen molar-refractivity contribution < 1.29 is 42.9 Å². The summed E-state index contributed by atoms with van der Waals surface area (Å²) < 4.78 is 22.2. The highest BCUT2D eigenvalue weighted by atomic mass is 16.6. The average Bonchev–Trinajstić information content (AvgIpc) is 3.04. The second-order valence-electron chi connectivity index (χ2n) is 17.2. The zero-order valence-corrected chi connectivity index (χ0v) is 33.2. The van der Waals surface area contributed by atoms with E-state index in [-0.39, 0.29) is 63.0 Å². The van der Waals surface area contributed by atoms with Gasteiger partial charge in [0.25, 0.3) is 0 Å². The van der Waals surface area contributed by atoms with E-state index in [9.17, 15) is 24.0 Å². The zero-order valence-electron chi connectivity index (χ0n) is 33.2. The Morgan fingerprint density at radius 2 is 1.04 bits per heavy atom. The first kappa shape index (κ1) is 45.1. The first-order valence-corrected chi connectivity index (χ1v) is 17.7. The second kappa shape index (κ2) is 19.0. The summed E-state index contributed by atoms with van der Waals surface area (Å²) >= 11 is 0. The predicted octanol–water partition coefficient (Wildman–Crippen LogP) is 3.50. The molecule has 0 aromatic carbocycles. The molecule has 0 bridgehead atoms. The van der Waals surface area contributed by atoms with Crippen LogP contribution in [0.25, 0.3) is 0 Å². The van der Waals surface area contributed by atoms with E-state index in [0.717, 1.165) is 0 Å². The standard InChI is InChI=1S/C36H67N5O9/c1-32(2,3)47-28(43)22-39(13)36(17-15-14-16-27(42)37-18-19-38-31(46)50-35(10,11)12)25-40(23-29(44)48-33(4,5)6)20-21-41(26-36)24-30(45)49-34(7,8)9/h14-26H2,1-13H3,(H,37,42)(H,38,46). The zero-order chi connectivity index (χ0) is 38.6. The summed E-state index contributed by atoms with van der Waals surface area (Å²) in [6.07, 6.45) is 1.47. The Hall–Kier alpha value is -2.97. The summed E-state index contributed by atoms with van der Waals surface area (Å²) in [6.45, 7) is 24.1. The smallest absolute Gasteiger partial charge is 0.407 e. The van der Waals surface area contributed by atoms with Crippen molar-refractivity contribution in [1.82, 2.24) is 25.3 Å². The van der Waals surface area contributed by atoms with Crippen molar-refractivity contribution in [3.63, 3.8) is 0 Å². The lowest BCUT2D eigenvalue weighted by Crippen LogP contribution is -2.60. The average molecular weight is 714 g/mol. The van der Waals surface area contributed by atoms with Crippen molar-refractivity contribution in [2.45, 2.75) is 137 Å². The van der Waals surface area contributed by atoms with Crippen LogP contribution in [0, 0.1) is 0 Å². The van der Waals surface area contributed by atoms with Gasteiger partial charge in [0, 0.05) is 51.2 Å². The molecule has 1 aliphatic rings. The number of likely N-dealkylation sites (N-methyl/N-ethyl adjacent to an activating group) is 1. The normalized spacial score (nSPS) is 16.3. The van der Waals surface area contributed by atoms with Crippen LogP contribution in [0.4, 0.5) is 4.79 Å². The minimum absolute atomic E-state index is 0.0110. The van der Waals surface area contributed by atoms with Gasteiger partial charge in [-0.2, -0.15) is 0 Å². The van der Waals surface area contributed by atoms with Gasteiger partial charge in [0.05, 0.1) is 19.6 Å². The molecular weight excluding hydrogens is 646 g/mol. The van der Waals surface area contributed by atoms with Crippen molar-refractivity contribution in [1.29, 1.82) is 0 Å². The van der Waals surface area contributed by atoms with E-state index in [0.29, 0.717) is 45.4 Å². The summed E-state index contributed by atoms with van der Waals surface area (Å²) in [4.78, 5) is 69.6. The van der Waals surface area contributed by atoms with Gasteiger partial charge in [-0.15, -0.1) is 0 Å². The Balaban J connectivity index is 3.17. The third kappa shape index (κ3) is 20.6. The summed E-state index contributed by atoms with van der Waals surface area (Å²) in [5.74, 6) is -1.26. The van der Waals surface area contributed by atoms with Gasteiger partial charge in [0.2, 0.25) is 5.91 Å². The molecule has 0 aliphatic carbocycles. The molecule has 0 unspecified atom stereocenters. The molecule has 1 aliphatic heterocycles. The van der Waals surface area contributed by atoms with Gasteiger partial charge in [0.1, 0.15) is 22.4 Å². The highest BCUT2D eigenvalue weighted by Crippen LogP contribution is 2.28. The van der Waals surface area contributed by atoms with Gasteiger partial charge in [-0.3, -0.25) is 33.9 Å². The largest absolute Gasteiger partial charge is 0.459 e. The van der Waals surface area contributed by atoms with E-state index in [1.807, 2.05) is 84.1 Å². The minimum Gasteiger partial charge on any atom is -0.459 e. The molecule has 290 valence electrons. The predicted molar refractivity (Wildman–Crippen MR) is 191 cm³/mol. The number of rotatable bonds is 15. The van der Waals surface area contributed by atoms with Gasteiger partial charge in [-0.1, -0.05) is 6.42 Å². The first-order valence-electron chi connectivity index (χ1n) is 17.7. The highest BCUT2D eigenvalue weighted by molar-refractivity contribution is 5.76. The van der Waals surface area contributed by atoms with Crippen LogP contribution in [0.3, 0.4) is 0 Å². The fourth-order valence-electron chi connectivity index (χ4n) is 5.54. The van der Waals surface area contributed by atoms with E-state index in [1.54, 1.807) is 20.8 Å². The monoisotopic (exact) mass is 713 g/mol. The van der Waals surface area contributed by atoms with Crippen molar-refractivity contribution in [3.05, 3.63) is 0 Å². The number of nitrogens with one attached hydrogen (secondary N) is 2. The van der Waals surface area contributed by atoms with E-state index >= 15 is 0 Å². The van der Waals surface area contributed by atoms with Crippen LogP contribution in [0.5, 0.6) is 0 Å². The molecule has 0 radical (unpaired) electrons. The minimum atomic E-state index is -0.703. The van der Waals surface area contributed by atoms with E-state index in [4.69, 9.17) is 18.9 Å². The van der Waals surface area contributed by atoms with Crippen LogP contribution >= 0.6 is 0 Å². The molecule has 0 aromatic heterocycles. The maximum absolute atomic E-state index is 13.1. The Morgan fingerprint density at radius 3 is 1.48 bits per heavy atom. The summed E-state index contributed by atoms with van der Waals surface area (Å²) in [6, 6.07) is 0. The maximum Gasteiger partial charge on any atom is 0.407 e. The number of alkyl carbamates (subject to hydrolysis) is 1. The molecule has 14 heteroatoms. The highest BCUT2D eigenvalue weighted by Gasteiger charge is 2.42. The molecule has 2 N–H and O–H groups in total. The molecule has 1 saturated heterocycles. The summed E-state index contributed by atoms with van der Waals surface area (Å²) in [5, 5.41) is 5.45. The number of hydrogen-bond donors (Lipinski definition) is 2. The fourth-order valence-corrected chi connectivity index (χ4v) is 5.54. The number of hydrogen-bond acceptors (Lipinski definition) is 12. The Bertz CT molecular complexity index is 1090. The Morgan fingerprint density at radius 1 is 0.620 bits per heavy atom. The van der Waals surface area contributed by atoms with Gasteiger partial charge in [-0.25, -0.2) is 4.79 Å². The van der Waals surface area contributed by atoms with Gasteiger partial charge < -0.3 is 29.6 Å². The Kier molecular flexibility index (Phi) is 17.1. The molecule has 1 fully saturated rings. The third-order valence-electron chi connectivity index (χ3n) is 7.32. The molecule has 0 aromatic rings. The molecule has 0 saturated carbocycles. The van der Waals surface area contributed by atoms with E-state index < -0.39 is 34.0 Å². The number of unbranched alkanes of at least 4 members (excludes halogenated alkanes) is 1. The van der Waals surface area contributed by atoms with Crippen LogP contribution in [0.1, 0.15) is 109 Å². The SMILES string of the molecule is CN(CC(=O)OC(C)(C)C)C1(CCCCC(=O)NCCNC(=O)OC(C)(C)C)CN(CC(=O)OC(C)(C)C)CCN(CC(=O)OC(C)(C)C)C1. The summed E-state index contributed by atoms with van der Waals surface area (Å²) in [5.41, 5.74) is -3.28. The van der Waals surface area contributed by atoms with E-state index in [2.05, 4.69) is 10.6 Å². The quantitative estimate of drug-likeness (QED) is 0.145. The van der Waals surface area contributed by atoms with Crippen molar-refractivity contribution >= 4 is 29.9 Å². The van der Waals surface area contributed by atoms with E-state index in [1.165, 1.54) is 0 Å². The van der Waals surface area contributed by atoms with Crippen LogP contribution in [-0.4, -0.2) is 139 Å². The topological polar surface area (TPSA) is 156 Å². The van der Waals surface area contributed by atoms with Gasteiger partial charge in [-0.05, 0) is 103 Å². The molecule has 50 heavy (non-hydrogen) atoms. The van der Waals surface area contributed by atoms with Gasteiger partial charge >= 0.3 is 24.0 Å². The number of amides is 2. The lowest BCUT2D eigenvalue weighted by Gasteiger charge is -2.45. The lowest BCUT2D eigenvalue weighted by atomic mass is 9.88. The Labute approximate surface area is 300 Å².